The van der Waals surface area contributed by atoms with Gasteiger partial charge >= 0.3 is 0 Å². The van der Waals surface area contributed by atoms with E-state index in [0.29, 0.717) is 25.7 Å². The largest absolute Gasteiger partial charge is 0.409 e. The molecule has 5 nitrogen and oxygen atoms in total. The summed E-state index contributed by atoms with van der Waals surface area (Å²) in [4.78, 5) is 0. The van der Waals surface area contributed by atoms with Gasteiger partial charge in [-0.25, -0.2) is 0 Å². The summed E-state index contributed by atoms with van der Waals surface area (Å²) in [5.41, 5.74) is 7.44. The van der Waals surface area contributed by atoms with Crippen molar-refractivity contribution in [3.8, 4) is 0 Å². The first-order valence-electron chi connectivity index (χ1n) is 6.97. The second-order valence-corrected chi connectivity index (χ2v) is 5.03. The fourth-order valence-corrected chi connectivity index (χ4v) is 1.95. The molecule has 1 rings (SSSR count). The molecule has 112 valence electrons. The molecular weight excluding hydrogens is 254 g/mol. The molecule has 20 heavy (non-hydrogen) atoms. The fraction of sp³-hybridized carbons (Fsp3) is 0.533. The molecule has 0 saturated heterocycles. The van der Waals surface area contributed by atoms with Crippen LogP contribution in [0.3, 0.4) is 0 Å². The van der Waals surface area contributed by atoms with Crippen molar-refractivity contribution >= 4 is 5.84 Å². The summed E-state index contributed by atoms with van der Waals surface area (Å²) in [6, 6.07) is 7.90. The molecule has 1 unspecified atom stereocenters. The average Bonchev–Trinajstić information content (AvgIpc) is 2.46. The van der Waals surface area contributed by atoms with E-state index in [1.807, 2.05) is 31.2 Å². The van der Waals surface area contributed by atoms with Gasteiger partial charge in [0.25, 0.3) is 0 Å². The molecule has 4 N–H and O–H groups in total. The molecule has 0 bridgehead atoms. The Kier molecular flexibility index (Phi) is 7.04. The van der Waals surface area contributed by atoms with E-state index in [9.17, 15) is 0 Å². The molecule has 1 aromatic carbocycles. The number of amidine groups is 1. The van der Waals surface area contributed by atoms with Gasteiger partial charge in [0.15, 0.2) is 5.84 Å². The summed E-state index contributed by atoms with van der Waals surface area (Å²) < 4.78 is 5.49. The van der Waals surface area contributed by atoms with Gasteiger partial charge < -0.3 is 21.0 Å². The number of nitrogens with zero attached hydrogens (tertiary/aromatic N) is 1. The number of nitrogens with one attached hydrogen (secondary N) is 1. The van der Waals surface area contributed by atoms with Gasteiger partial charge in [-0.2, -0.15) is 0 Å². The molecular formula is C15H25N3O2. The minimum absolute atomic E-state index is 0.133. The van der Waals surface area contributed by atoms with E-state index in [1.165, 1.54) is 0 Å². The molecule has 0 radical (unpaired) electrons. The lowest BCUT2D eigenvalue weighted by Crippen LogP contribution is -2.38. The second kappa shape index (κ2) is 8.55. The topological polar surface area (TPSA) is 79.9 Å². The Morgan fingerprint density at radius 2 is 2.10 bits per heavy atom. The molecule has 0 aliphatic carbocycles. The van der Waals surface area contributed by atoms with E-state index in [1.54, 1.807) is 0 Å². The molecule has 1 atom stereocenters. The zero-order chi connectivity index (χ0) is 15.0. The third-order valence-corrected chi connectivity index (χ3v) is 3.26. The van der Waals surface area contributed by atoms with E-state index in [-0.39, 0.29) is 11.9 Å². The van der Waals surface area contributed by atoms with Gasteiger partial charge in [-0.05, 0) is 18.4 Å². The van der Waals surface area contributed by atoms with Gasteiger partial charge in [0.2, 0.25) is 0 Å². The maximum absolute atomic E-state index is 8.82. The first-order chi connectivity index (χ1) is 9.60. The minimum Gasteiger partial charge on any atom is -0.409 e. The standard InChI is InChI=1S/C15H25N3O2/c1-4-20-10-14(11(2)3)17-9-12-7-5-6-8-13(12)15(16)18-19/h5-8,11,14,17,19H,4,9-10H2,1-3H3,(H2,16,18). The van der Waals surface area contributed by atoms with Crippen LogP contribution in [0.25, 0.3) is 0 Å². The van der Waals surface area contributed by atoms with Crippen molar-refractivity contribution in [2.75, 3.05) is 13.2 Å². The highest BCUT2D eigenvalue weighted by atomic mass is 16.5. The van der Waals surface area contributed by atoms with E-state index < -0.39 is 0 Å². The number of oxime groups is 1. The first-order valence-corrected chi connectivity index (χ1v) is 6.97. The van der Waals surface area contributed by atoms with Crippen molar-refractivity contribution in [3.05, 3.63) is 35.4 Å². The van der Waals surface area contributed by atoms with Crippen molar-refractivity contribution in [2.45, 2.75) is 33.4 Å². The highest BCUT2D eigenvalue weighted by molar-refractivity contribution is 5.98. The molecule has 0 saturated carbocycles. The van der Waals surface area contributed by atoms with Gasteiger partial charge in [0, 0.05) is 24.8 Å². The summed E-state index contributed by atoms with van der Waals surface area (Å²) in [6.07, 6.45) is 0. The monoisotopic (exact) mass is 279 g/mol. The molecule has 0 fully saturated rings. The van der Waals surface area contributed by atoms with Crippen molar-refractivity contribution in [1.82, 2.24) is 5.32 Å². The molecule has 0 aliphatic heterocycles. The van der Waals surface area contributed by atoms with Crippen LogP contribution in [0.2, 0.25) is 0 Å². The number of ether oxygens (including phenoxy) is 1. The summed E-state index contributed by atoms with van der Waals surface area (Å²) >= 11 is 0. The average molecular weight is 279 g/mol. The maximum Gasteiger partial charge on any atom is 0.170 e. The third kappa shape index (κ3) is 4.83. The van der Waals surface area contributed by atoms with Crippen molar-refractivity contribution in [1.29, 1.82) is 0 Å². The summed E-state index contributed by atoms with van der Waals surface area (Å²) in [5, 5.41) is 15.4. The van der Waals surface area contributed by atoms with Gasteiger partial charge in [-0.15, -0.1) is 0 Å². The van der Waals surface area contributed by atoms with E-state index in [0.717, 1.165) is 11.1 Å². The Morgan fingerprint density at radius 1 is 1.40 bits per heavy atom. The highest BCUT2D eigenvalue weighted by Gasteiger charge is 2.14. The Morgan fingerprint density at radius 3 is 2.70 bits per heavy atom. The number of hydrogen-bond acceptors (Lipinski definition) is 4. The Bertz CT molecular complexity index is 433. The third-order valence-electron chi connectivity index (χ3n) is 3.26. The highest BCUT2D eigenvalue weighted by Crippen LogP contribution is 2.10. The molecule has 0 heterocycles. The quantitative estimate of drug-likeness (QED) is 0.294. The van der Waals surface area contributed by atoms with Crippen LogP contribution < -0.4 is 11.1 Å². The van der Waals surface area contributed by atoms with Gasteiger partial charge in [0.05, 0.1) is 6.61 Å². The minimum atomic E-state index is 0.133. The zero-order valence-electron chi connectivity index (χ0n) is 12.5. The lowest BCUT2D eigenvalue weighted by atomic mass is 10.0. The Balaban J connectivity index is 2.73. The fourth-order valence-electron chi connectivity index (χ4n) is 1.95. The summed E-state index contributed by atoms with van der Waals surface area (Å²) in [5.74, 6) is 0.603. The smallest absolute Gasteiger partial charge is 0.170 e. The summed E-state index contributed by atoms with van der Waals surface area (Å²) in [7, 11) is 0. The van der Waals surface area contributed by atoms with Crippen LogP contribution >= 0.6 is 0 Å². The lowest BCUT2D eigenvalue weighted by molar-refractivity contribution is 0.108. The molecule has 0 aromatic heterocycles. The molecule has 0 aliphatic rings. The first kappa shape index (κ1) is 16.5. The normalized spacial score (nSPS) is 13.7. The van der Waals surface area contributed by atoms with Crippen LogP contribution in [-0.4, -0.2) is 30.3 Å². The van der Waals surface area contributed by atoms with E-state index >= 15 is 0 Å². The van der Waals surface area contributed by atoms with Crippen LogP contribution in [0.4, 0.5) is 0 Å². The predicted molar refractivity (Wildman–Crippen MR) is 80.9 cm³/mol. The van der Waals surface area contributed by atoms with Gasteiger partial charge in [-0.1, -0.05) is 43.3 Å². The Labute approximate surface area is 120 Å². The second-order valence-electron chi connectivity index (χ2n) is 5.03. The number of hydrogen-bond donors (Lipinski definition) is 3. The summed E-state index contributed by atoms with van der Waals surface area (Å²) in [6.45, 7) is 8.36. The van der Waals surface area contributed by atoms with E-state index in [4.69, 9.17) is 15.7 Å². The molecule has 1 aromatic rings. The molecule has 0 amide bonds. The predicted octanol–water partition coefficient (Wildman–Crippen LogP) is 1.93. The Hall–Kier alpha value is -1.59. The SMILES string of the molecule is CCOCC(NCc1ccccc1/C(N)=N/O)C(C)C. The molecule has 0 spiro atoms. The van der Waals surface area contributed by atoms with Crippen molar-refractivity contribution in [3.63, 3.8) is 0 Å². The maximum atomic E-state index is 8.82. The van der Waals surface area contributed by atoms with E-state index in [2.05, 4.69) is 24.3 Å². The zero-order valence-corrected chi connectivity index (χ0v) is 12.5. The molecule has 5 heteroatoms. The number of nitrogens with two attached hydrogens (primary N) is 1. The number of benzene rings is 1. The lowest BCUT2D eigenvalue weighted by Gasteiger charge is -2.22. The van der Waals surface area contributed by atoms with Gasteiger partial charge in [-0.3, -0.25) is 0 Å². The number of rotatable bonds is 8. The van der Waals surface area contributed by atoms with Crippen LogP contribution in [-0.2, 0) is 11.3 Å². The van der Waals surface area contributed by atoms with Crippen molar-refractivity contribution < 1.29 is 9.94 Å². The van der Waals surface area contributed by atoms with Gasteiger partial charge in [0.1, 0.15) is 0 Å². The van der Waals surface area contributed by atoms with Crippen LogP contribution in [0, 0.1) is 5.92 Å². The van der Waals surface area contributed by atoms with Crippen LogP contribution in [0.15, 0.2) is 29.4 Å². The van der Waals surface area contributed by atoms with Crippen LogP contribution in [0.1, 0.15) is 31.9 Å². The van der Waals surface area contributed by atoms with Crippen LogP contribution in [0.5, 0.6) is 0 Å². The van der Waals surface area contributed by atoms with Crippen molar-refractivity contribution in [2.24, 2.45) is 16.8 Å².